The lowest BCUT2D eigenvalue weighted by Gasteiger charge is -2.41. The summed E-state index contributed by atoms with van der Waals surface area (Å²) in [7, 11) is 0. The maximum Gasteiger partial charge on any atom is 0.252 e. The van der Waals surface area contributed by atoms with Crippen molar-refractivity contribution in [3.05, 3.63) is 0 Å². The lowest BCUT2D eigenvalue weighted by atomic mass is 9.95. The van der Waals surface area contributed by atoms with Crippen LogP contribution < -0.4 is 11.1 Å². The predicted molar refractivity (Wildman–Crippen MR) is 66.4 cm³/mol. The van der Waals surface area contributed by atoms with Crippen molar-refractivity contribution in [2.45, 2.75) is 45.7 Å². The van der Waals surface area contributed by atoms with E-state index in [1.54, 1.807) is 13.8 Å². The van der Waals surface area contributed by atoms with Gasteiger partial charge in [0.05, 0.1) is 6.04 Å². The highest BCUT2D eigenvalue weighted by atomic mass is 16.2. The van der Waals surface area contributed by atoms with Crippen molar-refractivity contribution in [3.63, 3.8) is 0 Å². The fraction of sp³-hybridized carbons (Fsp3) is 0.750. The minimum absolute atomic E-state index is 0.122. The van der Waals surface area contributed by atoms with Crippen molar-refractivity contribution in [2.24, 2.45) is 11.7 Å². The molecule has 6 heteroatoms. The molecule has 18 heavy (non-hydrogen) atoms. The molecule has 1 aliphatic rings. The first-order valence-electron chi connectivity index (χ1n) is 6.07. The van der Waals surface area contributed by atoms with Gasteiger partial charge in [0.15, 0.2) is 0 Å². The molecule has 1 fully saturated rings. The summed E-state index contributed by atoms with van der Waals surface area (Å²) in [6, 6.07) is -0.678. The van der Waals surface area contributed by atoms with Crippen LogP contribution in [0.5, 0.6) is 0 Å². The number of hydrogen-bond donors (Lipinski definition) is 2. The Bertz CT molecular complexity index is 377. The molecule has 0 saturated carbocycles. The Morgan fingerprint density at radius 3 is 2.50 bits per heavy atom. The second-order valence-electron chi connectivity index (χ2n) is 5.60. The van der Waals surface area contributed by atoms with Crippen molar-refractivity contribution < 1.29 is 14.4 Å². The number of amides is 3. The van der Waals surface area contributed by atoms with Crippen molar-refractivity contribution >= 4 is 17.7 Å². The number of imide groups is 1. The Labute approximate surface area is 107 Å². The van der Waals surface area contributed by atoms with Gasteiger partial charge in [0.1, 0.15) is 12.1 Å². The maximum absolute atomic E-state index is 12.2. The van der Waals surface area contributed by atoms with Crippen LogP contribution in [0.2, 0.25) is 0 Å². The Balaban J connectivity index is 2.88. The van der Waals surface area contributed by atoms with E-state index in [4.69, 9.17) is 5.73 Å². The molecule has 0 aromatic heterocycles. The predicted octanol–water partition coefficient (Wildman–Crippen LogP) is -0.377. The molecule has 0 aliphatic carbocycles. The van der Waals surface area contributed by atoms with Crippen LogP contribution in [0.25, 0.3) is 0 Å². The van der Waals surface area contributed by atoms with E-state index in [9.17, 15) is 14.4 Å². The summed E-state index contributed by atoms with van der Waals surface area (Å²) < 4.78 is 0. The van der Waals surface area contributed by atoms with Crippen molar-refractivity contribution in [3.8, 4) is 0 Å². The van der Waals surface area contributed by atoms with Gasteiger partial charge >= 0.3 is 0 Å². The van der Waals surface area contributed by atoms with E-state index in [2.05, 4.69) is 5.32 Å². The van der Waals surface area contributed by atoms with E-state index < -0.39 is 23.4 Å². The minimum atomic E-state index is -1.04. The van der Waals surface area contributed by atoms with Crippen molar-refractivity contribution in [2.75, 3.05) is 6.54 Å². The number of piperazine rings is 1. The van der Waals surface area contributed by atoms with E-state index in [-0.39, 0.29) is 18.4 Å². The Morgan fingerprint density at radius 2 is 2.00 bits per heavy atom. The molecule has 0 radical (unpaired) electrons. The summed E-state index contributed by atoms with van der Waals surface area (Å²) in [5, 5.41) is 2.22. The molecule has 3 amide bonds. The Morgan fingerprint density at radius 1 is 1.44 bits per heavy atom. The summed E-state index contributed by atoms with van der Waals surface area (Å²) in [5.41, 5.74) is 4.78. The second-order valence-corrected chi connectivity index (χ2v) is 5.60. The average molecular weight is 255 g/mol. The summed E-state index contributed by atoms with van der Waals surface area (Å²) >= 11 is 0. The molecule has 1 atom stereocenters. The lowest BCUT2D eigenvalue weighted by Crippen LogP contribution is -2.67. The van der Waals surface area contributed by atoms with Crippen LogP contribution in [-0.4, -0.2) is 40.7 Å². The molecular weight excluding hydrogens is 234 g/mol. The highest BCUT2D eigenvalue weighted by Crippen LogP contribution is 2.20. The SMILES string of the molecule is CC(C)C[C@@H](N)C(=O)N1CC(=O)NC(=O)C1(C)C. The summed E-state index contributed by atoms with van der Waals surface area (Å²) in [6.07, 6.45) is 0.529. The standard InChI is InChI=1S/C12H21N3O3/c1-7(2)5-8(13)10(17)15-6-9(16)14-11(18)12(15,3)4/h7-8H,5-6,13H2,1-4H3,(H,14,16,18)/t8-/m1/s1. The lowest BCUT2D eigenvalue weighted by molar-refractivity contribution is -0.156. The molecule has 6 nitrogen and oxygen atoms in total. The zero-order valence-electron chi connectivity index (χ0n) is 11.3. The van der Waals surface area contributed by atoms with Crippen LogP contribution in [-0.2, 0) is 14.4 Å². The summed E-state index contributed by atoms with van der Waals surface area (Å²) in [5.74, 6) is -1.01. The topological polar surface area (TPSA) is 92.5 Å². The third kappa shape index (κ3) is 2.87. The van der Waals surface area contributed by atoms with Gasteiger partial charge in [0.25, 0.3) is 5.91 Å². The summed E-state index contributed by atoms with van der Waals surface area (Å²) in [4.78, 5) is 36.5. The number of carbonyl (C=O) groups is 3. The van der Waals surface area contributed by atoms with Gasteiger partial charge in [-0.2, -0.15) is 0 Å². The molecule has 0 aromatic rings. The van der Waals surface area contributed by atoms with Gasteiger partial charge in [-0.05, 0) is 26.2 Å². The monoisotopic (exact) mass is 255 g/mol. The van der Waals surface area contributed by atoms with E-state index in [1.165, 1.54) is 4.90 Å². The van der Waals surface area contributed by atoms with Crippen LogP contribution in [0.1, 0.15) is 34.1 Å². The number of carbonyl (C=O) groups excluding carboxylic acids is 3. The Kier molecular flexibility index (Phi) is 4.11. The molecule has 0 spiro atoms. The first kappa shape index (κ1) is 14.6. The van der Waals surface area contributed by atoms with Crippen LogP contribution in [0.3, 0.4) is 0 Å². The maximum atomic E-state index is 12.2. The first-order chi connectivity index (χ1) is 8.16. The van der Waals surface area contributed by atoms with Crippen molar-refractivity contribution in [1.29, 1.82) is 0 Å². The van der Waals surface area contributed by atoms with Gasteiger partial charge in [-0.3, -0.25) is 19.7 Å². The number of nitrogens with zero attached hydrogens (tertiary/aromatic N) is 1. The van der Waals surface area contributed by atoms with Crippen LogP contribution >= 0.6 is 0 Å². The number of nitrogens with one attached hydrogen (secondary N) is 1. The molecule has 1 rings (SSSR count). The molecule has 3 N–H and O–H groups in total. The highest BCUT2D eigenvalue weighted by Gasteiger charge is 2.44. The molecule has 0 unspecified atom stereocenters. The molecule has 1 heterocycles. The summed E-state index contributed by atoms with van der Waals surface area (Å²) in [6.45, 7) is 7.02. The molecule has 0 bridgehead atoms. The van der Waals surface area contributed by atoms with Gasteiger partial charge in [-0.1, -0.05) is 13.8 Å². The number of hydrogen-bond acceptors (Lipinski definition) is 4. The van der Waals surface area contributed by atoms with Gasteiger partial charge < -0.3 is 10.6 Å². The van der Waals surface area contributed by atoms with Gasteiger partial charge in [-0.25, -0.2) is 0 Å². The highest BCUT2D eigenvalue weighted by molar-refractivity contribution is 6.06. The fourth-order valence-corrected chi connectivity index (χ4v) is 1.95. The van der Waals surface area contributed by atoms with E-state index in [0.717, 1.165) is 0 Å². The Hall–Kier alpha value is -1.43. The molecule has 1 aliphatic heterocycles. The van der Waals surface area contributed by atoms with Gasteiger partial charge in [0.2, 0.25) is 11.8 Å². The zero-order chi connectivity index (χ0) is 14.1. The smallest absolute Gasteiger partial charge is 0.252 e. The van der Waals surface area contributed by atoms with Crippen LogP contribution in [0.4, 0.5) is 0 Å². The molecular formula is C12H21N3O3. The van der Waals surface area contributed by atoms with Crippen molar-refractivity contribution in [1.82, 2.24) is 10.2 Å². The normalized spacial score (nSPS) is 20.9. The zero-order valence-corrected chi connectivity index (χ0v) is 11.3. The molecule has 0 aromatic carbocycles. The van der Waals surface area contributed by atoms with E-state index in [1.807, 2.05) is 13.8 Å². The fourth-order valence-electron chi connectivity index (χ4n) is 1.95. The largest absolute Gasteiger partial charge is 0.320 e. The number of nitrogens with two attached hydrogens (primary N) is 1. The third-order valence-corrected chi connectivity index (χ3v) is 3.09. The van der Waals surface area contributed by atoms with Gasteiger partial charge in [0, 0.05) is 0 Å². The van der Waals surface area contributed by atoms with E-state index in [0.29, 0.717) is 6.42 Å². The van der Waals surface area contributed by atoms with Gasteiger partial charge in [-0.15, -0.1) is 0 Å². The second kappa shape index (κ2) is 5.06. The molecule has 1 saturated heterocycles. The third-order valence-electron chi connectivity index (χ3n) is 3.09. The number of rotatable bonds is 3. The van der Waals surface area contributed by atoms with Crippen LogP contribution in [0, 0.1) is 5.92 Å². The minimum Gasteiger partial charge on any atom is -0.320 e. The first-order valence-corrected chi connectivity index (χ1v) is 6.07. The van der Waals surface area contributed by atoms with E-state index >= 15 is 0 Å². The molecule has 102 valence electrons. The van der Waals surface area contributed by atoms with Crippen LogP contribution in [0.15, 0.2) is 0 Å². The quantitative estimate of drug-likeness (QED) is 0.673. The average Bonchev–Trinajstić information content (AvgIpc) is 2.21.